The molecule has 0 atom stereocenters. The van der Waals surface area contributed by atoms with Crippen LogP contribution in [0.4, 0.5) is 0 Å². The van der Waals surface area contributed by atoms with Gasteiger partial charge in [-0.15, -0.1) is 7.92 Å². The van der Waals surface area contributed by atoms with Gasteiger partial charge in [-0.05, 0) is 37.7 Å². The maximum absolute atomic E-state index is 2.32. The Morgan fingerprint density at radius 3 is 0.793 bits per heavy atom. The van der Waals surface area contributed by atoms with Crippen molar-refractivity contribution in [2.75, 3.05) is 18.5 Å². The van der Waals surface area contributed by atoms with Gasteiger partial charge in [0.1, 0.15) is 0 Å². The first-order valence-corrected chi connectivity index (χ1v) is 14.0. The summed E-state index contributed by atoms with van der Waals surface area (Å²) >= 11 is 0. The molecule has 0 saturated heterocycles. The zero-order valence-corrected chi connectivity index (χ0v) is 25.6. The Hall–Kier alpha value is 1.94. The van der Waals surface area contributed by atoms with E-state index in [2.05, 4.69) is 20.8 Å². The van der Waals surface area contributed by atoms with Crippen molar-refractivity contribution >= 4 is 27.7 Å². The zero-order valence-electron chi connectivity index (χ0n) is 20.0. The van der Waals surface area contributed by atoms with E-state index in [0.29, 0.717) is 7.92 Å². The fourth-order valence-electron chi connectivity index (χ4n) is 3.68. The van der Waals surface area contributed by atoms with Gasteiger partial charge in [-0.3, -0.25) is 0 Å². The molecule has 0 aliphatic carbocycles. The maximum Gasteiger partial charge on any atom is 3.00 e. The summed E-state index contributed by atoms with van der Waals surface area (Å²) < 4.78 is 0. The summed E-state index contributed by atoms with van der Waals surface area (Å²) in [5, 5.41) is 0. The van der Waals surface area contributed by atoms with Crippen molar-refractivity contribution in [3.05, 3.63) is 0 Å². The molecule has 0 spiro atoms. The summed E-state index contributed by atoms with van der Waals surface area (Å²) in [6, 6.07) is 0. The van der Waals surface area contributed by atoms with E-state index in [9.17, 15) is 0 Å². The molecular formula is C24H51Cl3GaP. The van der Waals surface area contributed by atoms with Gasteiger partial charge in [-0.2, -0.15) is 0 Å². The molecule has 29 heavy (non-hydrogen) atoms. The van der Waals surface area contributed by atoms with Crippen molar-refractivity contribution in [2.24, 2.45) is 0 Å². The van der Waals surface area contributed by atoms with Crippen LogP contribution >= 0.6 is 7.92 Å². The number of rotatable bonds is 21. The third-order valence-corrected chi connectivity index (χ3v) is 8.33. The Morgan fingerprint density at radius 1 is 0.345 bits per heavy atom. The number of hydrogen-bond donors (Lipinski definition) is 0. The second-order valence-corrected chi connectivity index (χ2v) is 10.8. The van der Waals surface area contributed by atoms with Gasteiger partial charge < -0.3 is 37.2 Å². The largest absolute Gasteiger partial charge is 3.00 e. The van der Waals surface area contributed by atoms with Crippen LogP contribution in [0.2, 0.25) is 0 Å². The Labute approximate surface area is 218 Å². The van der Waals surface area contributed by atoms with E-state index in [1.165, 1.54) is 116 Å². The molecule has 0 saturated carbocycles. The van der Waals surface area contributed by atoms with Gasteiger partial charge in [-0.25, -0.2) is 0 Å². The molecule has 0 aliphatic heterocycles. The predicted molar refractivity (Wildman–Crippen MR) is 127 cm³/mol. The van der Waals surface area contributed by atoms with Crippen LogP contribution in [0.3, 0.4) is 0 Å². The first kappa shape index (κ1) is 41.2. The van der Waals surface area contributed by atoms with E-state index in [1.54, 1.807) is 18.5 Å². The average Bonchev–Trinajstić information content (AvgIpc) is 2.63. The molecule has 5 heteroatoms. The number of unbranched alkanes of at least 4 members (excludes halogenated alkanes) is 15. The third-order valence-electron chi connectivity index (χ3n) is 5.48. The first-order chi connectivity index (χ1) is 12.3. The smallest absolute Gasteiger partial charge is 1.00 e. The van der Waals surface area contributed by atoms with Gasteiger partial charge in [-0.1, -0.05) is 117 Å². The van der Waals surface area contributed by atoms with Crippen LogP contribution in [0.5, 0.6) is 0 Å². The molecule has 0 aromatic rings. The molecule has 0 N–H and O–H groups in total. The molecular weight excluding hydrogens is 495 g/mol. The van der Waals surface area contributed by atoms with E-state index in [0.717, 1.165) is 0 Å². The summed E-state index contributed by atoms with van der Waals surface area (Å²) in [5.74, 6) is 0. The Balaban J connectivity index is -0.000000480. The topological polar surface area (TPSA) is 0 Å². The minimum Gasteiger partial charge on any atom is -1.00 e. The molecule has 0 amide bonds. The van der Waals surface area contributed by atoms with E-state index >= 15 is 0 Å². The molecule has 0 nitrogen and oxygen atoms in total. The number of halogens is 3. The summed E-state index contributed by atoms with van der Waals surface area (Å²) in [6.45, 7) is 6.96. The SMILES string of the molecule is CCCCCCCCP(CCCCCCCC)CCCCCCCC.[Cl-].[Cl-].[Cl-].[Ga+3]. The normalized spacial score (nSPS) is 9.93. The molecule has 0 rings (SSSR count). The molecule has 176 valence electrons. The molecule has 0 aromatic heterocycles. The van der Waals surface area contributed by atoms with Gasteiger partial charge in [0.25, 0.3) is 0 Å². The van der Waals surface area contributed by atoms with Gasteiger partial charge in [0.05, 0.1) is 0 Å². The summed E-state index contributed by atoms with van der Waals surface area (Å²) in [5.41, 5.74) is 0. The van der Waals surface area contributed by atoms with Gasteiger partial charge in [0.15, 0.2) is 0 Å². The first-order valence-electron chi connectivity index (χ1n) is 12.1. The van der Waals surface area contributed by atoms with E-state index in [1.807, 2.05) is 0 Å². The third kappa shape index (κ3) is 34.7. The molecule has 0 bridgehead atoms. The van der Waals surface area contributed by atoms with Crippen LogP contribution in [-0.2, 0) is 0 Å². The van der Waals surface area contributed by atoms with E-state index < -0.39 is 0 Å². The summed E-state index contributed by atoms with van der Waals surface area (Å²) in [6.07, 6.45) is 31.2. The average molecular weight is 547 g/mol. The van der Waals surface area contributed by atoms with Gasteiger partial charge in [0.2, 0.25) is 0 Å². The second-order valence-electron chi connectivity index (χ2n) is 8.14. The Kier molecular flexibility index (Phi) is 53.0. The fraction of sp³-hybridized carbons (Fsp3) is 1.00. The Morgan fingerprint density at radius 2 is 0.552 bits per heavy atom. The van der Waals surface area contributed by atoms with Crippen molar-refractivity contribution in [1.29, 1.82) is 0 Å². The molecule has 0 fully saturated rings. The fourth-order valence-corrected chi connectivity index (χ4v) is 6.37. The van der Waals surface area contributed by atoms with Crippen molar-refractivity contribution in [1.82, 2.24) is 0 Å². The summed E-state index contributed by atoms with van der Waals surface area (Å²) in [7, 11) is 0.366. The van der Waals surface area contributed by atoms with Gasteiger partial charge in [0, 0.05) is 0 Å². The van der Waals surface area contributed by atoms with Crippen LogP contribution in [0, 0.1) is 0 Å². The van der Waals surface area contributed by atoms with Crippen molar-refractivity contribution in [2.45, 2.75) is 136 Å². The molecule has 0 aromatic carbocycles. The van der Waals surface area contributed by atoms with Crippen LogP contribution in [-0.4, -0.2) is 38.3 Å². The monoisotopic (exact) mass is 544 g/mol. The van der Waals surface area contributed by atoms with Crippen LogP contribution in [0.15, 0.2) is 0 Å². The number of hydrogen-bond acceptors (Lipinski definition) is 0. The Bertz CT molecular complexity index is 208. The van der Waals surface area contributed by atoms with E-state index in [4.69, 9.17) is 0 Å². The van der Waals surface area contributed by atoms with Crippen molar-refractivity contribution in [3.8, 4) is 0 Å². The van der Waals surface area contributed by atoms with Crippen LogP contribution in [0.1, 0.15) is 136 Å². The standard InChI is InChI=1S/C24H51P.3ClH.Ga/c1-4-7-10-13-16-19-22-25(23-20-17-14-11-8-5-2)24-21-18-15-12-9-6-3;;;;/h4-24H2,1-3H3;3*1H;/q;;;;+3/p-3. The van der Waals surface area contributed by atoms with Crippen LogP contribution in [0.25, 0.3) is 0 Å². The van der Waals surface area contributed by atoms with Crippen LogP contribution < -0.4 is 37.2 Å². The second kappa shape index (κ2) is 37.3. The quantitative estimate of drug-likeness (QED) is 0.110. The summed E-state index contributed by atoms with van der Waals surface area (Å²) in [4.78, 5) is 0. The molecule has 0 aliphatic rings. The molecule has 0 unspecified atom stereocenters. The minimum atomic E-state index is 0. The van der Waals surface area contributed by atoms with Crippen molar-refractivity contribution < 1.29 is 37.2 Å². The van der Waals surface area contributed by atoms with Gasteiger partial charge >= 0.3 is 19.8 Å². The minimum absolute atomic E-state index is 0. The maximum atomic E-state index is 2.32. The molecule has 0 radical (unpaired) electrons. The van der Waals surface area contributed by atoms with Crippen molar-refractivity contribution in [3.63, 3.8) is 0 Å². The molecule has 0 heterocycles. The zero-order chi connectivity index (χ0) is 18.4. The predicted octanol–water partition coefficient (Wildman–Crippen LogP) is 0.181. The van der Waals surface area contributed by atoms with E-state index in [-0.39, 0.29) is 57.0 Å².